The zero-order valence-electron chi connectivity index (χ0n) is 15.7. The molecular formula is C20H20ClN5OS. The van der Waals surface area contributed by atoms with E-state index in [9.17, 15) is 4.79 Å². The number of rotatable bonds is 3. The molecule has 0 fully saturated rings. The van der Waals surface area contributed by atoms with Gasteiger partial charge in [-0.1, -0.05) is 47.6 Å². The van der Waals surface area contributed by atoms with Crippen molar-refractivity contribution < 1.29 is 4.79 Å². The maximum atomic E-state index is 13.2. The van der Waals surface area contributed by atoms with Crippen molar-refractivity contribution in [1.82, 2.24) is 14.9 Å². The van der Waals surface area contributed by atoms with Crippen molar-refractivity contribution >= 4 is 35.0 Å². The lowest BCUT2D eigenvalue weighted by Gasteiger charge is -2.33. The molecule has 0 saturated heterocycles. The summed E-state index contributed by atoms with van der Waals surface area (Å²) in [5.74, 6) is 0.660. The minimum Gasteiger partial charge on any atom is -0.325 e. The Bertz CT molecular complexity index is 1030. The molecule has 28 heavy (non-hydrogen) atoms. The van der Waals surface area contributed by atoms with E-state index in [1.807, 2.05) is 67.9 Å². The van der Waals surface area contributed by atoms with E-state index in [0.717, 1.165) is 28.2 Å². The highest BCUT2D eigenvalue weighted by molar-refractivity contribution is 8.00. The third kappa shape index (κ3) is 3.47. The summed E-state index contributed by atoms with van der Waals surface area (Å²) in [5.41, 5.74) is 7.38. The number of hydrogen-bond acceptors (Lipinski definition) is 5. The van der Waals surface area contributed by atoms with Crippen LogP contribution in [0.4, 0.5) is 5.69 Å². The lowest BCUT2D eigenvalue weighted by atomic mass is 10.0. The molecule has 0 aliphatic carbocycles. The second-order valence-electron chi connectivity index (χ2n) is 6.80. The van der Waals surface area contributed by atoms with Crippen molar-refractivity contribution in [3.63, 3.8) is 0 Å². The third-order valence-corrected chi connectivity index (χ3v) is 6.42. The fraction of sp³-hybridized carbons (Fsp3) is 0.250. The molecule has 0 saturated carbocycles. The predicted octanol–water partition coefficient (Wildman–Crippen LogP) is 4.25. The summed E-state index contributed by atoms with van der Waals surface area (Å²) in [7, 11) is 0. The van der Waals surface area contributed by atoms with Gasteiger partial charge in [-0.2, -0.15) is 0 Å². The summed E-state index contributed by atoms with van der Waals surface area (Å²) in [6, 6.07) is 13.2. The zero-order valence-corrected chi connectivity index (χ0v) is 17.3. The first-order valence-corrected chi connectivity index (χ1v) is 10.2. The molecule has 1 aliphatic rings. The van der Waals surface area contributed by atoms with Crippen molar-refractivity contribution in [3.8, 4) is 0 Å². The van der Waals surface area contributed by atoms with Gasteiger partial charge in [-0.15, -0.1) is 10.2 Å². The lowest BCUT2D eigenvalue weighted by Crippen LogP contribution is -2.41. The first-order valence-electron chi connectivity index (χ1n) is 8.92. The Morgan fingerprint density at radius 1 is 1.14 bits per heavy atom. The lowest BCUT2D eigenvalue weighted by molar-refractivity contribution is -0.116. The Kier molecular flexibility index (Phi) is 5.03. The van der Waals surface area contributed by atoms with Crippen LogP contribution in [-0.2, 0) is 4.79 Å². The van der Waals surface area contributed by atoms with Gasteiger partial charge in [0.05, 0.1) is 6.04 Å². The molecular weight excluding hydrogens is 394 g/mol. The third-order valence-electron chi connectivity index (χ3n) is 4.95. The fourth-order valence-electron chi connectivity index (χ4n) is 3.17. The van der Waals surface area contributed by atoms with E-state index in [0.29, 0.717) is 10.2 Å². The van der Waals surface area contributed by atoms with Gasteiger partial charge in [-0.25, -0.2) is 4.68 Å². The fourth-order valence-corrected chi connectivity index (χ4v) is 4.42. The SMILES string of the molecule is Cc1cccc(NC(=O)[C@H]2Sc3nnc(C)n3N[C@@H]2c2ccc(Cl)cc2)c1C. The van der Waals surface area contributed by atoms with E-state index in [1.165, 1.54) is 11.8 Å². The number of anilines is 1. The van der Waals surface area contributed by atoms with E-state index in [4.69, 9.17) is 11.6 Å². The predicted molar refractivity (Wildman–Crippen MR) is 113 cm³/mol. The number of halogens is 1. The van der Waals surface area contributed by atoms with Crippen LogP contribution >= 0.6 is 23.4 Å². The summed E-state index contributed by atoms with van der Waals surface area (Å²) < 4.78 is 1.83. The number of nitrogens with zero attached hydrogens (tertiary/aromatic N) is 3. The molecule has 144 valence electrons. The maximum Gasteiger partial charge on any atom is 0.240 e. The molecule has 1 aliphatic heterocycles. The molecule has 8 heteroatoms. The Labute approximate surface area is 172 Å². The van der Waals surface area contributed by atoms with Crippen LogP contribution < -0.4 is 10.7 Å². The van der Waals surface area contributed by atoms with Crippen LogP contribution in [0.5, 0.6) is 0 Å². The van der Waals surface area contributed by atoms with Gasteiger partial charge in [0, 0.05) is 10.7 Å². The van der Waals surface area contributed by atoms with Crippen LogP contribution in [-0.4, -0.2) is 26.0 Å². The molecule has 1 amide bonds. The number of aryl methyl sites for hydroxylation is 2. The number of carbonyl (C=O) groups excluding carboxylic acids is 1. The molecule has 2 atom stereocenters. The molecule has 2 heterocycles. The van der Waals surface area contributed by atoms with Gasteiger partial charge in [0.1, 0.15) is 11.1 Å². The van der Waals surface area contributed by atoms with Crippen LogP contribution in [0.25, 0.3) is 0 Å². The molecule has 0 radical (unpaired) electrons. The maximum absolute atomic E-state index is 13.2. The van der Waals surface area contributed by atoms with Gasteiger partial charge in [-0.05, 0) is 55.7 Å². The van der Waals surface area contributed by atoms with E-state index in [-0.39, 0.29) is 11.9 Å². The van der Waals surface area contributed by atoms with Crippen LogP contribution in [0.3, 0.4) is 0 Å². The van der Waals surface area contributed by atoms with Crippen LogP contribution in [0.15, 0.2) is 47.6 Å². The van der Waals surface area contributed by atoms with Gasteiger partial charge in [0.25, 0.3) is 0 Å². The number of carbonyl (C=O) groups is 1. The summed E-state index contributed by atoms with van der Waals surface area (Å²) >= 11 is 7.45. The molecule has 0 bridgehead atoms. The second-order valence-corrected chi connectivity index (χ2v) is 8.34. The van der Waals surface area contributed by atoms with Crippen molar-refractivity contribution in [1.29, 1.82) is 0 Å². The topological polar surface area (TPSA) is 71.8 Å². The van der Waals surface area contributed by atoms with Crippen molar-refractivity contribution in [3.05, 3.63) is 70.0 Å². The molecule has 0 unspecified atom stereocenters. The minimum absolute atomic E-state index is 0.0851. The standard InChI is InChI=1S/C20H20ClN5OS/c1-11-5-4-6-16(12(11)2)22-19(27)18-17(14-7-9-15(21)10-8-14)25-26-13(3)23-24-20(26)28-18/h4-10,17-18,25H,1-3H3,(H,22,27)/t17-,18+/m1/s1. The molecule has 6 nitrogen and oxygen atoms in total. The number of hydrogen-bond donors (Lipinski definition) is 2. The van der Waals surface area contributed by atoms with Gasteiger partial charge < -0.3 is 10.7 Å². The highest BCUT2D eigenvalue weighted by atomic mass is 35.5. The van der Waals surface area contributed by atoms with Gasteiger partial charge in [0.15, 0.2) is 0 Å². The zero-order chi connectivity index (χ0) is 19.8. The minimum atomic E-state index is -0.419. The largest absolute Gasteiger partial charge is 0.325 e. The smallest absolute Gasteiger partial charge is 0.240 e. The second kappa shape index (κ2) is 7.48. The van der Waals surface area contributed by atoms with Gasteiger partial charge >= 0.3 is 0 Å². The monoisotopic (exact) mass is 413 g/mol. The average Bonchev–Trinajstić information content (AvgIpc) is 3.05. The Hall–Kier alpha value is -2.51. The van der Waals surface area contributed by atoms with Crippen LogP contribution in [0, 0.1) is 20.8 Å². The molecule has 0 spiro atoms. The first-order chi connectivity index (χ1) is 13.4. The summed E-state index contributed by atoms with van der Waals surface area (Å²) in [6.45, 7) is 5.91. The quantitative estimate of drug-likeness (QED) is 0.671. The van der Waals surface area contributed by atoms with E-state index in [1.54, 1.807) is 0 Å². The number of fused-ring (bicyclic) bond motifs is 1. The van der Waals surface area contributed by atoms with E-state index >= 15 is 0 Å². The number of thioether (sulfide) groups is 1. The number of benzene rings is 2. The number of nitrogens with one attached hydrogen (secondary N) is 2. The molecule has 1 aromatic heterocycles. The summed E-state index contributed by atoms with van der Waals surface area (Å²) in [4.78, 5) is 13.2. The Morgan fingerprint density at radius 2 is 1.89 bits per heavy atom. The Morgan fingerprint density at radius 3 is 2.64 bits per heavy atom. The molecule has 2 N–H and O–H groups in total. The summed E-state index contributed by atoms with van der Waals surface area (Å²) in [6.07, 6.45) is 0. The van der Waals surface area contributed by atoms with E-state index < -0.39 is 5.25 Å². The summed E-state index contributed by atoms with van der Waals surface area (Å²) in [5, 5.41) is 12.3. The molecule has 3 aromatic rings. The highest BCUT2D eigenvalue weighted by Gasteiger charge is 2.37. The molecule has 2 aromatic carbocycles. The Balaban J connectivity index is 1.68. The van der Waals surface area contributed by atoms with E-state index in [2.05, 4.69) is 20.9 Å². The van der Waals surface area contributed by atoms with Crippen molar-refractivity contribution in [2.75, 3.05) is 10.7 Å². The normalized spacial score (nSPS) is 18.3. The highest BCUT2D eigenvalue weighted by Crippen LogP contribution is 2.38. The number of aromatic nitrogens is 3. The number of amides is 1. The van der Waals surface area contributed by atoms with Crippen molar-refractivity contribution in [2.45, 2.75) is 37.2 Å². The average molecular weight is 414 g/mol. The van der Waals surface area contributed by atoms with Gasteiger partial charge in [0.2, 0.25) is 11.1 Å². The first kappa shape index (κ1) is 18.8. The van der Waals surface area contributed by atoms with Gasteiger partial charge in [-0.3, -0.25) is 4.79 Å². The molecule has 4 rings (SSSR count). The van der Waals surface area contributed by atoms with Crippen molar-refractivity contribution in [2.24, 2.45) is 0 Å². The van der Waals surface area contributed by atoms with Crippen LogP contribution in [0.1, 0.15) is 28.6 Å². The van der Waals surface area contributed by atoms with Crippen LogP contribution in [0.2, 0.25) is 5.02 Å².